The van der Waals surface area contributed by atoms with E-state index in [0.29, 0.717) is 5.95 Å². The molecule has 0 aliphatic heterocycles. The summed E-state index contributed by atoms with van der Waals surface area (Å²) < 4.78 is 1.80. The van der Waals surface area contributed by atoms with Gasteiger partial charge in [0.1, 0.15) is 6.21 Å². The molecule has 2 aromatic rings. The SMILES string of the molecule is Cn1c(N/N=C\C(=O)O)nc2ccccc21. The predicted octanol–water partition coefficient (Wildman–Crippen LogP) is 1.06. The first-order valence-electron chi connectivity index (χ1n) is 4.62. The van der Waals surface area contributed by atoms with Gasteiger partial charge in [0.2, 0.25) is 5.95 Å². The first kappa shape index (κ1) is 10.2. The van der Waals surface area contributed by atoms with Gasteiger partial charge in [-0.05, 0) is 12.1 Å². The fourth-order valence-corrected chi connectivity index (χ4v) is 1.39. The molecule has 0 aliphatic carbocycles. The van der Waals surface area contributed by atoms with E-state index in [4.69, 9.17) is 5.11 Å². The van der Waals surface area contributed by atoms with Crippen LogP contribution in [0.2, 0.25) is 0 Å². The molecule has 0 aliphatic rings. The molecule has 0 fully saturated rings. The number of benzene rings is 1. The molecule has 0 saturated carbocycles. The quantitative estimate of drug-likeness (QED) is 0.596. The zero-order valence-electron chi connectivity index (χ0n) is 8.58. The molecule has 16 heavy (non-hydrogen) atoms. The van der Waals surface area contributed by atoms with Crippen molar-refractivity contribution >= 4 is 29.2 Å². The van der Waals surface area contributed by atoms with Crippen molar-refractivity contribution in [1.82, 2.24) is 9.55 Å². The lowest BCUT2D eigenvalue weighted by molar-refractivity contribution is -0.128. The van der Waals surface area contributed by atoms with E-state index in [1.807, 2.05) is 31.3 Å². The summed E-state index contributed by atoms with van der Waals surface area (Å²) in [6.07, 6.45) is 0.777. The molecule has 0 spiro atoms. The highest BCUT2D eigenvalue weighted by atomic mass is 16.4. The van der Waals surface area contributed by atoms with Crippen molar-refractivity contribution in [2.24, 2.45) is 12.1 Å². The number of nitrogens with zero attached hydrogens (tertiary/aromatic N) is 3. The van der Waals surface area contributed by atoms with E-state index in [1.165, 1.54) is 0 Å². The zero-order chi connectivity index (χ0) is 11.5. The number of aromatic nitrogens is 2. The lowest BCUT2D eigenvalue weighted by Crippen LogP contribution is -2.02. The summed E-state index contributed by atoms with van der Waals surface area (Å²) in [6.45, 7) is 0. The van der Waals surface area contributed by atoms with Gasteiger partial charge in [-0.1, -0.05) is 12.1 Å². The third kappa shape index (κ3) is 1.85. The minimum Gasteiger partial charge on any atom is -0.477 e. The van der Waals surface area contributed by atoms with Crippen molar-refractivity contribution in [3.8, 4) is 0 Å². The van der Waals surface area contributed by atoms with Gasteiger partial charge in [0.05, 0.1) is 11.0 Å². The molecule has 0 bridgehead atoms. The smallest absolute Gasteiger partial charge is 0.348 e. The second kappa shape index (κ2) is 4.01. The molecular weight excluding hydrogens is 208 g/mol. The highest BCUT2D eigenvalue weighted by Gasteiger charge is 2.05. The van der Waals surface area contributed by atoms with Gasteiger partial charge in [0, 0.05) is 7.05 Å². The molecule has 2 N–H and O–H groups in total. The number of hydrogen-bond acceptors (Lipinski definition) is 4. The van der Waals surface area contributed by atoms with Crippen LogP contribution in [0, 0.1) is 0 Å². The van der Waals surface area contributed by atoms with E-state index in [-0.39, 0.29) is 0 Å². The number of imidazole rings is 1. The number of carbonyl (C=O) groups is 1. The Morgan fingerprint density at radius 1 is 1.56 bits per heavy atom. The van der Waals surface area contributed by atoms with Crippen molar-refractivity contribution in [1.29, 1.82) is 0 Å². The van der Waals surface area contributed by atoms with Crippen LogP contribution in [0.1, 0.15) is 0 Å². The standard InChI is InChI=1S/C10H10N4O2/c1-14-8-5-3-2-4-7(8)12-10(14)13-11-6-9(15)16/h2-6H,1H3,(H,12,13)(H,15,16)/b11-6-. The van der Waals surface area contributed by atoms with Crippen molar-refractivity contribution in [2.45, 2.75) is 0 Å². The normalized spacial score (nSPS) is 11.1. The minimum absolute atomic E-state index is 0.499. The second-order valence-electron chi connectivity index (χ2n) is 3.19. The van der Waals surface area contributed by atoms with E-state index in [0.717, 1.165) is 17.2 Å². The van der Waals surface area contributed by atoms with E-state index < -0.39 is 5.97 Å². The first-order chi connectivity index (χ1) is 7.68. The van der Waals surface area contributed by atoms with Crippen molar-refractivity contribution in [3.05, 3.63) is 24.3 Å². The number of rotatable bonds is 3. The van der Waals surface area contributed by atoms with Crippen LogP contribution in [0.5, 0.6) is 0 Å². The number of carboxylic acid groups (broad SMARTS) is 1. The van der Waals surface area contributed by atoms with Gasteiger partial charge in [-0.15, -0.1) is 0 Å². The van der Waals surface area contributed by atoms with Crippen LogP contribution < -0.4 is 5.43 Å². The third-order valence-electron chi connectivity index (χ3n) is 2.13. The van der Waals surface area contributed by atoms with E-state index in [2.05, 4.69) is 15.5 Å². The fourth-order valence-electron chi connectivity index (χ4n) is 1.39. The van der Waals surface area contributed by atoms with Crippen LogP contribution in [0.15, 0.2) is 29.4 Å². The number of hydrazone groups is 1. The minimum atomic E-state index is -1.11. The monoisotopic (exact) mass is 218 g/mol. The summed E-state index contributed by atoms with van der Waals surface area (Å²) in [4.78, 5) is 14.5. The molecule has 0 unspecified atom stereocenters. The number of anilines is 1. The average molecular weight is 218 g/mol. The fraction of sp³-hybridized carbons (Fsp3) is 0.100. The molecular formula is C10H10N4O2. The Morgan fingerprint density at radius 2 is 2.31 bits per heavy atom. The number of hydrogen-bond donors (Lipinski definition) is 2. The summed E-state index contributed by atoms with van der Waals surface area (Å²) in [5, 5.41) is 11.9. The van der Waals surface area contributed by atoms with Crippen LogP contribution in [0.4, 0.5) is 5.95 Å². The van der Waals surface area contributed by atoms with Gasteiger partial charge >= 0.3 is 5.97 Å². The van der Waals surface area contributed by atoms with E-state index >= 15 is 0 Å². The maximum Gasteiger partial charge on any atom is 0.348 e. The molecule has 82 valence electrons. The van der Waals surface area contributed by atoms with Crippen LogP contribution in [-0.4, -0.2) is 26.8 Å². The Hall–Kier alpha value is -2.37. The Balaban J connectivity index is 2.31. The average Bonchev–Trinajstić information content (AvgIpc) is 2.56. The summed E-state index contributed by atoms with van der Waals surface area (Å²) in [7, 11) is 1.83. The molecule has 0 amide bonds. The molecule has 2 rings (SSSR count). The van der Waals surface area contributed by atoms with Gasteiger partial charge < -0.3 is 9.67 Å². The third-order valence-corrected chi connectivity index (χ3v) is 2.13. The molecule has 1 aromatic heterocycles. The van der Waals surface area contributed by atoms with Crippen LogP contribution >= 0.6 is 0 Å². The first-order valence-corrected chi connectivity index (χ1v) is 4.62. The van der Waals surface area contributed by atoms with Crippen LogP contribution in [0.3, 0.4) is 0 Å². The molecule has 0 saturated heterocycles. The number of nitrogens with one attached hydrogen (secondary N) is 1. The maximum atomic E-state index is 10.2. The lowest BCUT2D eigenvalue weighted by atomic mass is 10.3. The number of fused-ring (bicyclic) bond motifs is 1. The largest absolute Gasteiger partial charge is 0.477 e. The lowest BCUT2D eigenvalue weighted by Gasteiger charge is -1.99. The van der Waals surface area contributed by atoms with Gasteiger partial charge in [-0.3, -0.25) is 0 Å². The number of carboxylic acids is 1. The van der Waals surface area contributed by atoms with E-state index in [1.54, 1.807) is 4.57 Å². The summed E-state index contributed by atoms with van der Waals surface area (Å²) in [5.41, 5.74) is 4.36. The zero-order valence-corrected chi connectivity index (χ0v) is 8.58. The number of para-hydroxylation sites is 2. The van der Waals surface area contributed by atoms with Crippen molar-refractivity contribution < 1.29 is 9.90 Å². The Kier molecular flexibility index (Phi) is 2.55. The highest BCUT2D eigenvalue weighted by Crippen LogP contribution is 2.17. The van der Waals surface area contributed by atoms with Gasteiger partial charge in [0.15, 0.2) is 0 Å². The molecule has 0 radical (unpaired) electrons. The molecule has 0 atom stereocenters. The predicted molar refractivity (Wildman–Crippen MR) is 60.5 cm³/mol. The summed E-state index contributed by atoms with van der Waals surface area (Å²) in [5.74, 6) is -0.607. The molecule has 1 heterocycles. The molecule has 6 nitrogen and oxygen atoms in total. The molecule has 6 heteroatoms. The highest BCUT2D eigenvalue weighted by molar-refractivity contribution is 6.22. The Bertz CT molecular complexity index is 559. The Labute approximate surface area is 91.2 Å². The number of aryl methyl sites for hydroxylation is 1. The maximum absolute atomic E-state index is 10.2. The van der Waals surface area contributed by atoms with Crippen LogP contribution in [-0.2, 0) is 11.8 Å². The van der Waals surface area contributed by atoms with Crippen LogP contribution in [0.25, 0.3) is 11.0 Å². The van der Waals surface area contributed by atoms with Crippen molar-refractivity contribution in [3.63, 3.8) is 0 Å². The van der Waals surface area contributed by atoms with Crippen molar-refractivity contribution in [2.75, 3.05) is 5.43 Å². The number of aliphatic carboxylic acids is 1. The van der Waals surface area contributed by atoms with Gasteiger partial charge in [0.25, 0.3) is 0 Å². The van der Waals surface area contributed by atoms with Gasteiger partial charge in [-0.25, -0.2) is 15.2 Å². The topological polar surface area (TPSA) is 79.5 Å². The van der Waals surface area contributed by atoms with E-state index in [9.17, 15) is 4.79 Å². The van der Waals surface area contributed by atoms with Gasteiger partial charge in [-0.2, -0.15) is 5.10 Å². The second-order valence-corrected chi connectivity index (χ2v) is 3.19. The summed E-state index contributed by atoms with van der Waals surface area (Å²) in [6, 6.07) is 7.60. The Morgan fingerprint density at radius 3 is 3.00 bits per heavy atom. The summed E-state index contributed by atoms with van der Waals surface area (Å²) >= 11 is 0. The molecule has 1 aromatic carbocycles.